The molecule has 2 N–H and O–H groups in total. The second-order valence-corrected chi connectivity index (χ2v) is 5.35. The van der Waals surface area contributed by atoms with Gasteiger partial charge in [-0.3, -0.25) is 9.59 Å². The van der Waals surface area contributed by atoms with Crippen LogP contribution in [-0.2, 0) is 4.79 Å². The summed E-state index contributed by atoms with van der Waals surface area (Å²) in [6.07, 6.45) is 1.43. The summed E-state index contributed by atoms with van der Waals surface area (Å²) in [5, 5.41) is 6.05. The monoisotopic (exact) mass is 276 g/mol. The summed E-state index contributed by atoms with van der Waals surface area (Å²) in [5.41, 5.74) is 1.55. The second kappa shape index (κ2) is 8.35. The fraction of sp³-hybridized carbons (Fsp3) is 0.500. The van der Waals surface area contributed by atoms with E-state index in [0.29, 0.717) is 24.4 Å². The topological polar surface area (TPSA) is 58.2 Å². The number of ketones is 1. The molecule has 0 aromatic heterocycles. The lowest BCUT2D eigenvalue weighted by Crippen LogP contribution is -2.27. The molecule has 0 fully saturated rings. The number of rotatable bonds is 8. The van der Waals surface area contributed by atoms with Crippen molar-refractivity contribution in [3.05, 3.63) is 29.8 Å². The zero-order chi connectivity index (χ0) is 15.0. The molecule has 1 aromatic carbocycles. The number of amides is 1. The average molecular weight is 276 g/mol. The summed E-state index contributed by atoms with van der Waals surface area (Å²) in [5.74, 6) is 0.698. The highest BCUT2D eigenvalue weighted by atomic mass is 16.1. The van der Waals surface area contributed by atoms with E-state index in [1.165, 1.54) is 0 Å². The van der Waals surface area contributed by atoms with Crippen LogP contribution in [0.5, 0.6) is 0 Å². The number of Topliss-reactive ketones (excluding diaryl/α,β-unsaturated/α-hetero) is 1. The standard InChI is InChI=1S/C16H24N2O2/c1-12(2)7-9-18-16(20)8-10-17-15-6-4-5-14(11-15)13(3)19/h4-6,11-12,17H,7-10H2,1-3H3,(H,18,20). The Labute approximate surface area is 121 Å². The molecule has 0 atom stereocenters. The van der Waals surface area contributed by atoms with Crippen molar-refractivity contribution < 1.29 is 9.59 Å². The summed E-state index contributed by atoms with van der Waals surface area (Å²) < 4.78 is 0. The number of hydrogen-bond donors (Lipinski definition) is 2. The van der Waals surface area contributed by atoms with Crippen molar-refractivity contribution in [1.82, 2.24) is 5.32 Å². The van der Waals surface area contributed by atoms with Gasteiger partial charge in [0.15, 0.2) is 5.78 Å². The van der Waals surface area contributed by atoms with Crippen molar-refractivity contribution in [1.29, 1.82) is 0 Å². The van der Waals surface area contributed by atoms with Gasteiger partial charge >= 0.3 is 0 Å². The predicted octanol–water partition coefficient (Wildman–Crippen LogP) is 2.85. The Morgan fingerprint density at radius 2 is 1.95 bits per heavy atom. The number of carbonyl (C=O) groups is 2. The molecule has 0 radical (unpaired) electrons. The van der Waals surface area contributed by atoms with E-state index in [4.69, 9.17) is 0 Å². The first-order valence-corrected chi connectivity index (χ1v) is 7.10. The molecule has 20 heavy (non-hydrogen) atoms. The molecule has 1 amide bonds. The van der Waals surface area contributed by atoms with Gasteiger partial charge in [0.25, 0.3) is 0 Å². The van der Waals surface area contributed by atoms with Crippen molar-refractivity contribution >= 4 is 17.4 Å². The number of hydrogen-bond acceptors (Lipinski definition) is 3. The Kier molecular flexibility index (Phi) is 6.77. The molecular formula is C16H24N2O2. The highest BCUT2D eigenvalue weighted by Crippen LogP contribution is 2.10. The number of carbonyl (C=O) groups excluding carboxylic acids is 2. The molecule has 0 aliphatic rings. The zero-order valence-corrected chi connectivity index (χ0v) is 12.5. The largest absolute Gasteiger partial charge is 0.385 e. The smallest absolute Gasteiger partial charge is 0.221 e. The lowest BCUT2D eigenvalue weighted by molar-refractivity contribution is -0.120. The summed E-state index contributed by atoms with van der Waals surface area (Å²) in [7, 11) is 0. The van der Waals surface area contributed by atoms with E-state index < -0.39 is 0 Å². The van der Waals surface area contributed by atoms with Gasteiger partial charge in [0.1, 0.15) is 0 Å². The van der Waals surface area contributed by atoms with Gasteiger partial charge in [0, 0.05) is 30.8 Å². The van der Waals surface area contributed by atoms with Gasteiger partial charge in [-0.05, 0) is 31.4 Å². The molecule has 0 saturated carbocycles. The molecule has 0 heterocycles. The van der Waals surface area contributed by atoms with Crippen molar-refractivity contribution in [2.24, 2.45) is 5.92 Å². The third-order valence-corrected chi connectivity index (χ3v) is 2.99. The van der Waals surface area contributed by atoms with Gasteiger partial charge in [-0.2, -0.15) is 0 Å². The minimum Gasteiger partial charge on any atom is -0.385 e. The Balaban J connectivity index is 2.28. The van der Waals surface area contributed by atoms with Crippen LogP contribution in [0.2, 0.25) is 0 Å². The Bertz CT molecular complexity index is 456. The van der Waals surface area contributed by atoms with Crippen LogP contribution < -0.4 is 10.6 Å². The maximum Gasteiger partial charge on any atom is 0.221 e. The highest BCUT2D eigenvalue weighted by Gasteiger charge is 2.03. The Morgan fingerprint density at radius 1 is 1.20 bits per heavy atom. The number of benzene rings is 1. The predicted molar refractivity (Wildman–Crippen MR) is 82.0 cm³/mol. The van der Waals surface area contributed by atoms with Crippen LogP contribution in [0, 0.1) is 5.92 Å². The van der Waals surface area contributed by atoms with Gasteiger partial charge in [0.05, 0.1) is 0 Å². The van der Waals surface area contributed by atoms with E-state index in [1.54, 1.807) is 19.1 Å². The SMILES string of the molecule is CC(=O)c1cccc(NCCC(=O)NCCC(C)C)c1. The molecule has 1 aromatic rings. The average Bonchev–Trinajstić information content (AvgIpc) is 2.38. The molecule has 110 valence electrons. The quantitative estimate of drug-likeness (QED) is 0.718. The third kappa shape index (κ3) is 6.36. The molecule has 0 spiro atoms. The van der Waals surface area contributed by atoms with E-state index in [0.717, 1.165) is 18.7 Å². The summed E-state index contributed by atoms with van der Waals surface area (Å²) in [6.45, 7) is 7.11. The molecule has 0 aliphatic heterocycles. The first kappa shape index (κ1) is 16.2. The van der Waals surface area contributed by atoms with Gasteiger partial charge in [-0.15, -0.1) is 0 Å². The molecule has 0 aliphatic carbocycles. The minimum atomic E-state index is 0.0417. The van der Waals surface area contributed by atoms with Crippen LogP contribution in [-0.4, -0.2) is 24.8 Å². The molecular weight excluding hydrogens is 252 g/mol. The molecule has 4 nitrogen and oxygen atoms in total. The first-order chi connectivity index (χ1) is 9.49. The number of nitrogens with one attached hydrogen (secondary N) is 2. The normalized spacial score (nSPS) is 10.4. The van der Waals surface area contributed by atoms with E-state index >= 15 is 0 Å². The summed E-state index contributed by atoms with van der Waals surface area (Å²) >= 11 is 0. The summed E-state index contributed by atoms with van der Waals surface area (Å²) in [6, 6.07) is 7.32. The van der Waals surface area contributed by atoms with E-state index in [9.17, 15) is 9.59 Å². The third-order valence-electron chi connectivity index (χ3n) is 2.99. The van der Waals surface area contributed by atoms with Crippen LogP contribution in [0.15, 0.2) is 24.3 Å². The van der Waals surface area contributed by atoms with Crippen LogP contribution in [0.25, 0.3) is 0 Å². The fourth-order valence-electron chi connectivity index (χ4n) is 1.76. The van der Waals surface area contributed by atoms with Gasteiger partial charge in [-0.25, -0.2) is 0 Å². The molecule has 4 heteroatoms. The molecule has 0 bridgehead atoms. The van der Waals surface area contributed by atoms with Gasteiger partial charge in [-0.1, -0.05) is 26.0 Å². The highest BCUT2D eigenvalue weighted by molar-refractivity contribution is 5.94. The van der Waals surface area contributed by atoms with E-state index in [1.807, 2.05) is 12.1 Å². The van der Waals surface area contributed by atoms with Crippen molar-refractivity contribution in [2.75, 3.05) is 18.4 Å². The minimum absolute atomic E-state index is 0.0417. The Morgan fingerprint density at radius 3 is 2.60 bits per heavy atom. The lowest BCUT2D eigenvalue weighted by Gasteiger charge is -2.09. The van der Waals surface area contributed by atoms with Crippen molar-refractivity contribution in [3.63, 3.8) is 0 Å². The Hall–Kier alpha value is -1.84. The molecule has 1 rings (SSSR count). The summed E-state index contributed by atoms with van der Waals surface area (Å²) in [4.78, 5) is 22.8. The zero-order valence-electron chi connectivity index (χ0n) is 12.5. The van der Waals surface area contributed by atoms with Crippen LogP contribution in [0.4, 0.5) is 5.69 Å². The van der Waals surface area contributed by atoms with Gasteiger partial charge in [0.2, 0.25) is 5.91 Å². The fourth-order valence-corrected chi connectivity index (χ4v) is 1.76. The molecule has 0 unspecified atom stereocenters. The lowest BCUT2D eigenvalue weighted by atomic mass is 10.1. The molecule has 0 saturated heterocycles. The van der Waals surface area contributed by atoms with E-state index in [2.05, 4.69) is 24.5 Å². The van der Waals surface area contributed by atoms with Gasteiger partial charge < -0.3 is 10.6 Å². The van der Waals surface area contributed by atoms with Crippen molar-refractivity contribution in [2.45, 2.75) is 33.6 Å². The van der Waals surface area contributed by atoms with Crippen molar-refractivity contribution in [3.8, 4) is 0 Å². The van der Waals surface area contributed by atoms with Crippen LogP contribution in [0.3, 0.4) is 0 Å². The second-order valence-electron chi connectivity index (χ2n) is 5.35. The maximum atomic E-state index is 11.6. The maximum absolute atomic E-state index is 11.6. The van der Waals surface area contributed by atoms with Crippen LogP contribution >= 0.6 is 0 Å². The van der Waals surface area contributed by atoms with E-state index in [-0.39, 0.29) is 11.7 Å². The first-order valence-electron chi connectivity index (χ1n) is 7.10. The van der Waals surface area contributed by atoms with Crippen LogP contribution in [0.1, 0.15) is 44.0 Å². The number of anilines is 1.